The molecule has 0 fully saturated rings. The first-order valence-corrected chi connectivity index (χ1v) is 6.09. The summed E-state index contributed by atoms with van der Waals surface area (Å²) in [7, 11) is 0. The zero-order valence-electron chi connectivity index (χ0n) is 10.1. The van der Waals surface area contributed by atoms with Gasteiger partial charge in [0.1, 0.15) is 0 Å². The van der Waals surface area contributed by atoms with Crippen LogP contribution in [-0.4, -0.2) is 0 Å². The van der Waals surface area contributed by atoms with Crippen molar-refractivity contribution in [3.05, 3.63) is 0 Å². The van der Waals surface area contributed by atoms with E-state index in [1.54, 1.807) is 0 Å². The van der Waals surface area contributed by atoms with Crippen LogP contribution in [0.2, 0.25) is 0 Å². The molecule has 0 bridgehead atoms. The van der Waals surface area contributed by atoms with Gasteiger partial charge in [-0.1, -0.05) is 52.4 Å². The van der Waals surface area contributed by atoms with E-state index in [0.717, 1.165) is 12.8 Å². The van der Waals surface area contributed by atoms with Crippen molar-refractivity contribution in [3.63, 3.8) is 0 Å². The van der Waals surface area contributed by atoms with Gasteiger partial charge in [0.05, 0.1) is 11.5 Å². The average molecular weight is 195 g/mol. The summed E-state index contributed by atoms with van der Waals surface area (Å²) in [5.74, 6) is 0. The van der Waals surface area contributed by atoms with Crippen LogP contribution in [0, 0.1) is 16.7 Å². The van der Waals surface area contributed by atoms with Crippen molar-refractivity contribution in [3.8, 4) is 6.07 Å². The highest BCUT2D eigenvalue weighted by Gasteiger charge is 2.21. The molecule has 0 amide bonds. The first-order chi connectivity index (χ1) is 6.68. The monoisotopic (exact) mass is 195 g/mol. The lowest BCUT2D eigenvalue weighted by Gasteiger charge is -2.20. The van der Waals surface area contributed by atoms with E-state index in [0.29, 0.717) is 0 Å². The van der Waals surface area contributed by atoms with Crippen LogP contribution in [-0.2, 0) is 0 Å². The van der Waals surface area contributed by atoms with E-state index in [1.807, 2.05) is 0 Å². The molecule has 0 radical (unpaired) electrons. The van der Waals surface area contributed by atoms with E-state index in [4.69, 9.17) is 5.26 Å². The van der Waals surface area contributed by atoms with E-state index in [9.17, 15) is 0 Å². The first-order valence-electron chi connectivity index (χ1n) is 6.09. The summed E-state index contributed by atoms with van der Waals surface area (Å²) < 4.78 is 0. The van der Waals surface area contributed by atoms with Crippen LogP contribution >= 0.6 is 0 Å². The summed E-state index contributed by atoms with van der Waals surface area (Å²) in [5.41, 5.74) is -0.0518. The second-order valence-corrected chi connectivity index (χ2v) is 4.59. The molecule has 0 aliphatic carbocycles. The minimum atomic E-state index is -0.0518. The van der Waals surface area contributed by atoms with Crippen molar-refractivity contribution in [2.75, 3.05) is 0 Å². The van der Waals surface area contributed by atoms with Gasteiger partial charge in [-0.2, -0.15) is 5.26 Å². The van der Waals surface area contributed by atoms with Crippen LogP contribution in [0.1, 0.15) is 72.1 Å². The molecular formula is C13H25N. The average Bonchev–Trinajstić information content (AvgIpc) is 2.22. The standard InChI is InChI=1S/C13H25N/c1-4-6-8-9-11-13(3,12-14)10-7-5-2/h4-11H2,1-3H3. The summed E-state index contributed by atoms with van der Waals surface area (Å²) in [6.07, 6.45) is 9.66. The van der Waals surface area contributed by atoms with Crippen molar-refractivity contribution in [1.29, 1.82) is 5.26 Å². The lowest BCUT2D eigenvalue weighted by Crippen LogP contribution is -2.13. The van der Waals surface area contributed by atoms with Crippen LogP contribution in [0.3, 0.4) is 0 Å². The largest absolute Gasteiger partial charge is 0.198 e. The Morgan fingerprint density at radius 3 is 2.00 bits per heavy atom. The minimum Gasteiger partial charge on any atom is -0.198 e. The fourth-order valence-corrected chi connectivity index (χ4v) is 1.75. The van der Waals surface area contributed by atoms with Gasteiger partial charge < -0.3 is 0 Å². The molecule has 1 heteroatoms. The third-order valence-corrected chi connectivity index (χ3v) is 2.93. The Morgan fingerprint density at radius 1 is 0.929 bits per heavy atom. The molecule has 0 aromatic heterocycles. The molecule has 0 aromatic carbocycles. The Labute approximate surface area is 89.5 Å². The van der Waals surface area contributed by atoms with Crippen LogP contribution in [0.25, 0.3) is 0 Å². The summed E-state index contributed by atoms with van der Waals surface area (Å²) in [5, 5.41) is 9.12. The summed E-state index contributed by atoms with van der Waals surface area (Å²) in [6, 6.07) is 2.49. The quantitative estimate of drug-likeness (QED) is 0.516. The van der Waals surface area contributed by atoms with Gasteiger partial charge in [0, 0.05) is 0 Å². The first kappa shape index (κ1) is 13.5. The summed E-state index contributed by atoms with van der Waals surface area (Å²) in [4.78, 5) is 0. The maximum Gasteiger partial charge on any atom is 0.0686 e. The highest BCUT2D eigenvalue weighted by atomic mass is 14.3. The fraction of sp³-hybridized carbons (Fsp3) is 0.923. The number of unbranched alkanes of at least 4 members (excludes halogenated alkanes) is 4. The number of hydrogen-bond donors (Lipinski definition) is 0. The molecule has 0 aliphatic heterocycles. The van der Waals surface area contributed by atoms with Gasteiger partial charge in [-0.3, -0.25) is 0 Å². The Kier molecular flexibility index (Phi) is 7.57. The van der Waals surface area contributed by atoms with Gasteiger partial charge in [-0.05, 0) is 19.8 Å². The minimum absolute atomic E-state index is 0.0518. The van der Waals surface area contributed by atoms with E-state index in [-0.39, 0.29) is 5.41 Å². The molecule has 0 saturated carbocycles. The van der Waals surface area contributed by atoms with Gasteiger partial charge >= 0.3 is 0 Å². The SMILES string of the molecule is CCCCCCC(C)(C#N)CCCC. The molecule has 1 atom stereocenters. The van der Waals surface area contributed by atoms with Crippen molar-refractivity contribution >= 4 is 0 Å². The van der Waals surface area contributed by atoms with Crippen molar-refractivity contribution < 1.29 is 0 Å². The van der Waals surface area contributed by atoms with Gasteiger partial charge in [0.25, 0.3) is 0 Å². The van der Waals surface area contributed by atoms with Gasteiger partial charge in [-0.25, -0.2) is 0 Å². The molecule has 1 nitrogen and oxygen atoms in total. The molecule has 82 valence electrons. The number of nitriles is 1. The van der Waals surface area contributed by atoms with E-state index in [1.165, 1.54) is 38.5 Å². The van der Waals surface area contributed by atoms with Crippen molar-refractivity contribution in [2.45, 2.75) is 72.1 Å². The molecular weight excluding hydrogens is 170 g/mol. The fourth-order valence-electron chi connectivity index (χ4n) is 1.75. The number of nitrogens with zero attached hydrogens (tertiary/aromatic N) is 1. The second kappa shape index (κ2) is 7.85. The molecule has 0 aromatic rings. The van der Waals surface area contributed by atoms with E-state index >= 15 is 0 Å². The third-order valence-electron chi connectivity index (χ3n) is 2.93. The Morgan fingerprint density at radius 2 is 1.50 bits per heavy atom. The zero-order valence-corrected chi connectivity index (χ0v) is 10.1. The molecule has 0 rings (SSSR count). The van der Waals surface area contributed by atoms with Crippen LogP contribution in [0.5, 0.6) is 0 Å². The predicted octanol–water partition coefficient (Wildman–Crippen LogP) is 4.68. The maximum atomic E-state index is 9.12. The normalized spacial score (nSPS) is 14.7. The summed E-state index contributed by atoms with van der Waals surface area (Å²) in [6.45, 7) is 6.53. The van der Waals surface area contributed by atoms with E-state index < -0.39 is 0 Å². The van der Waals surface area contributed by atoms with Crippen LogP contribution in [0.4, 0.5) is 0 Å². The van der Waals surface area contributed by atoms with Crippen LogP contribution in [0.15, 0.2) is 0 Å². The zero-order chi connectivity index (χ0) is 10.9. The Bertz CT molecular complexity index is 169. The topological polar surface area (TPSA) is 23.8 Å². The predicted molar refractivity (Wildman–Crippen MR) is 62.0 cm³/mol. The number of rotatable bonds is 8. The van der Waals surface area contributed by atoms with Crippen LogP contribution < -0.4 is 0 Å². The van der Waals surface area contributed by atoms with Gasteiger partial charge in [0.15, 0.2) is 0 Å². The smallest absolute Gasteiger partial charge is 0.0686 e. The van der Waals surface area contributed by atoms with Gasteiger partial charge in [-0.15, -0.1) is 0 Å². The Balaban J connectivity index is 3.70. The molecule has 0 saturated heterocycles. The molecule has 0 N–H and O–H groups in total. The summed E-state index contributed by atoms with van der Waals surface area (Å²) >= 11 is 0. The lowest BCUT2D eigenvalue weighted by atomic mass is 9.81. The Hall–Kier alpha value is -0.510. The maximum absolute atomic E-state index is 9.12. The van der Waals surface area contributed by atoms with Crippen molar-refractivity contribution in [2.24, 2.45) is 5.41 Å². The molecule has 14 heavy (non-hydrogen) atoms. The molecule has 1 unspecified atom stereocenters. The third kappa shape index (κ3) is 6.02. The lowest BCUT2D eigenvalue weighted by molar-refractivity contribution is 0.344. The highest BCUT2D eigenvalue weighted by Crippen LogP contribution is 2.29. The molecule has 0 heterocycles. The van der Waals surface area contributed by atoms with Gasteiger partial charge in [0.2, 0.25) is 0 Å². The highest BCUT2D eigenvalue weighted by molar-refractivity contribution is 4.94. The van der Waals surface area contributed by atoms with Crippen molar-refractivity contribution in [1.82, 2.24) is 0 Å². The molecule has 0 spiro atoms. The second-order valence-electron chi connectivity index (χ2n) is 4.59. The van der Waals surface area contributed by atoms with E-state index in [2.05, 4.69) is 26.8 Å². The molecule has 0 aliphatic rings. The number of hydrogen-bond acceptors (Lipinski definition) is 1.